The number of hydrogen-bond donors (Lipinski definition) is 2. The van der Waals surface area contributed by atoms with Crippen molar-refractivity contribution in [1.29, 1.82) is 0 Å². The SMILES string of the molecule is Cc1cc(Cc2ccn(-c3ocnc3C)c(=O)c2NC(C)C)c2[nH]cc(C(C)C)c2c1. The predicted molar refractivity (Wildman–Crippen MR) is 126 cm³/mol. The Labute approximate surface area is 182 Å². The molecule has 0 unspecified atom stereocenters. The first-order valence-corrected chi connectivity index (χ1v) is 10.8. The molecule has 0 aliphatic heterocycles. The number of benzene rings is 1. The van der Waals surface area contributed by atoms with Gasteiger partial charge in [-0.15, -0.1) is 0 Å². The zero-order chi connectivity index (χ0) is 22.3. The maximum absolute atomic E-state index is 13.4. The molecule has 0 atom stereocenters. The van der Waals surface area contributed by atoms with Gasteiger partial charge in [0.25, 0.3) is 5.56 Å². The van der Waals surface area contributed by atoms with Crippen LogP contribution in [0.2, 0.25) is 0 Å². The molecule has 2 N–H and O–H groups in total. The lowest BCUT2D eigenvalue weighted by molar-refractivity contribution is 0.526. The van der Waals surface area contributed by atoms with Crippen LogP contribution in [-0.2, 0) is 6.42 Å². The fourth-order valence-corrected chi connectivity index (χ4v) is 4.16. The zero-order valence-corrected chi connectivity index (χ0v) is 19.0. The third-order valence-electron chi connectivity index (χ3n) is 5.60. The van der Waals surface area contributed by atoms with Crippen molar-refractivity contribution in [2.24, 2.45) is 0 Å². The maximum atomic E-state index is 13.4. The topological polar surface area (TPSA) is 75.8 Å². The Bertz CT molecular complexity index is 1290. The molecule has 0 amide bonds. The van der Waals surface area contributed by atoms with Crippen molar-refractivity contribution in [2.45, 2.75) is 59.9 Å². The van der Waals surface area contributed by atoms with Crippen LogP contribution in [0.4, 0.5) is 5.69 Å². The van der Waals surface area contributed by atoms with Crippen molar-refractivity contribution in [2.75, 3.05) is 5.32 Å². The molecule has 0 aliphatic carbocycles. The maximum Gasteiger partial charge on any atom is 0.281 e. The number of nitrogens with one attached hydrogen (secondary N) is 2. The average Bonchev–Trinajstić information content (AvgIpc) is 3.31. The van der Waals surface area contributed by atoms with Crippen molar-refractivity contribution in [1.82, 2.24) is 14.5 Å². The summed E-state index contributed by atoms with van der Waals surface area (Å²) in [6.07, 6.45) is 5.90. The predicted octanol–water partition coefficient (Wildman–Crippen LogP) is 5.46. The van der Waals surface area contributed by atoms with Crippen molar-refractivity contribution < 1.29 is 4.42 Å². The van der Waals surface area contributed by atoms with Crippen LogP contribution in [0.3, 0.4) is 0 Å². The number of aromatic nitrogens is 3. The van der Waals surface area contributed by atoms with E-state index in [2.05, 4.69) is 54.4 Å². The molecule has 6 nitrogen and oxygen atoms in total. The van der Waals surface area contributed by atoms with Gasteiger partial charge in [0.05, 0.1) is 0 Å². The van der Waals surface area contributed by atoms with Crippen molar-refractivity contribution in [3.8, 4) is 5.88 Å². The van der Waals surface area contributed by atoms with E-state index in [4.69, 9.17) is 4.42 Å². The highest BCUT2D eigenvalue weighted by Gasteiger charge is 2.18. The fourth-order valence-electron chi connectivity index (χ4n) is 4.16. The number of hydrogen-bond acceptors (Lipinski definition) is 4. The molecule has 0 spiro atoms. The largest absolute Gasteiger partial charge is 0.427 e. The number of oxazole rings is 1. The number of fused-ring (bicyclic) bond motifs is 1. The quantitative estimate of drug-likeness (QED) is 0.436. The van der Waals surface area contributed by atoms with E-state index < -0.39 is 0 Å². The Hall–Kier alpha value is -3.28. The Balaban J connectivity index is 1.85. The molecule has 3 heterocycles. The van der Waals surface area contributed by atoms with Gasteiger partial charge >= 0.3 is 0 Å². The van der Waals surface area contributed by atoms with Crippen LogP contribution in [0.15, 0.2) is 46.2 Å². The minimum atomic E-state index is -0.135. The van der Waals surface area contributed by atoms with Crippen molar-refractivity contribution >= 4 is 16.6 Å². The highest BCUT2D eigenvalue weighted by molar-refractivity contribution is 5.87. The van der Waals surface area contributed by atoms with Gasteiger partial charge in [0.15, 0.2) is 6.39 Å². The molecular weight excluding hydrogens is 388 g/mol. The molecular formula is C25H30N4O2. The minimum absolute atomic E-state index is 0.119. The van der Waals surface area contributed by atoms with E-state index in [0.717, 1.165) is 11.1 Å². The van der Waals surface area contributed by atoms with E-state index in [1.165, 1.54) is 33.0 Å². The van der Waals surface area contributed by atoms with Gasteiger partial charge < -0.3 is 14.7 Å². The third kappa shape index (κ3) is 3.90. The van der Waals surface area contributed by atoms with Gasteiger partial charge in [-0.05, 0) is 62.4 Å². The van der Waals surface area contributed by atoms with E-state index in [0.29, 0.717) is 29.6 Å². The number of aryl methyl sites for hydroxylation is 2. The summed E-state index contributed by atoms with van der Waals surface area (Å²) in [7, 11) is 0. The molecule has 0 aliphatic rings. The van der Waals surface area contributed by atoms with Gasteiger partial charge in [0.1, 0.15) is 11.4 Å². The van der Waals surface area contributed by atoms with Crippen LogP contribution in [0.5, 0.6) is 0 Å². The van der Waals surface area contributed by atoms with Gasteiger partial charge in [-0.3, -0.25) is 9.36 Å². The first-order valence-electron chi connectivity index (χ1n) is 10.8. The number of nitrogens with zero attached hydrogens (tertiary/aromatic N) is 2. The van der Waals surface area contributed by atoms with Crippen LogP contribution in [0, 0.1) is 13.8 Å². The summed E-state index contributed by atoms with van der Waals surface area (Å²) in [6.45, 7) is 12.4. The van der Waals surface area contributed by atoms with Gasteiger partial charge in [-0.25, -0.2) is 4.98 Å². The van der Waals surface area contributed by atoms with Crippen LogP contribution < -0.4 is 10.9 Å². The highest BCUT2D eigenvalue weighted by atomic mass is 16.4. The summed E-state index contributed by atoms with van der Waals surface area (Å²) in [5, 5.41) is 4.62. The van der Waals surface area contributed by atoms with E-state index in [1.54, 1.807) is 6.20 Å². The Morgan fingerprint density at radius 2 is 1.94 bits per heavy atom. The molecule has 3 aromatic heterocycles. The summed E-state index contributed by atoms with van der Waals surface area (Å²) in [5.41, 5.74) is 6.95. The van der Waals surface area contributed by atoms with Gasteiger partial charge in [0, 0.05) is 35.8 Å². The molecule has 0 saturated heterocycles. The van der Waals surface area contributed by atoms with E-state index in [1.807, 2.05) is 26.8 Å². The van der Waals surface area contributed by atoms with Gasteiger partial charge in [-0.1, -0.05) is 25.5 Å². The molecule has 0 saturated carbocycles. The molecule has 1 aromatic carbocycles. The molecule has 0 fully saturated rings. The third-order valence-corrected chi connectivity index (χ3v) is 5.60. The lowest BCUT2D eigenvalue weighted by Gasteiger charge is -2.17. The Morgan fingerprint density at radius 1 is 1.16 bits per heavy atom. The molecule has 4 rings (SSSR count). The van der Waals surface area contributed by atoms with Crippen LogP contribution in [-0.4, -0.2) is 20.6 Å². The van der Waals surface area contributed by atoms with E-state index >= 15 is 0 Å². The first-order chi connectivity index (χ1) is 14.8. The molecule has 31 heavy (non-hydrogen) atoms. The number of pyridine rings is 1. The first kappa shape index (κ1) is 21.0. The lowest BCUT2D eigenvalue weighted by Crippen LogP contribution is -2.26. The molecule has 0 bridgehead atoms. The van der Waals surface area contributed by atoms with Crippen LogP contribution >= 0.6 is 0 Å². The molecule has 4 aromatic rings. The fraction of sp³-hybridized carbons (Fsp3) is 0.360. The average molecular weight is 419 g/mol. The van der Waals surface area contributed by atoms with Crippen molar-refractivity contribution in [3.05, 3.63) is 75.3 Å². The number of aromatic amines is 1. The number of anilines is 1. The molecule has 6 heteroatoms. The Morgan fingerprint density at radius 3 is 2.58 bits per heavy atom. The summed E-state index contributed by atoms with van der Waals surface area (Å²) in [6, 6.07) is 6.56. The molecule has 0 radical (unpaired) electrons. The summed E-state index contributed by atoms with van der Waals surface area (Å²) in [4.78, 5) is 21.0. The van der Waals surface area contributed by atoms with Crippen LogP contribution in [0.25, 0.3) is 16.8 Å². The second-order valence-corrected chi connectivity index (χ2v) is 8.86. The number of rotatable bonds is 6. The second kappa shape index (κ2) is 8.10. The number of H-pyrrole nitrogens is 1. The minimum Gasteiger partial charge on any atom is -0.427 e. The zero-order valence-electron chi connectivity index (χ0n) is 19.0. The normalized spacial score (nSPS) is 11.7. The van der Waals surface area contributed by atoms with Crippen molar-refractivity contribution in [3.63, 3.8) is 0 Å². The van der Waals surface area contributed by atoms with Gasteiger partial charge in [0.2, 0.25) is 5.88 Å². The summed E-state index contributed by atoms with van der Waals surface area (Å²) >= 11 is 0. The van der Waals surface area contributed by atoms with Crippen LogP contribution in [0.1, 0.15) is 61.6 Å². The molecule has 162 valence electrons. The smallest absolute Gasteiger partial charge is 0.281 e. The summed E-state index contributed by atoms with van der Waals surface area (Å²) in [5.74, 6) is 0.892. The second-order valence-electron chi connectivity index (χ2n) is 8.86. The highest BCUT2D eigenvalue weighted by Crippen LogP contribution is 2.30. The monoisotopic (exact) mass is 418 g/mol. The van der Waals surface area contributed by atoms with E-state index in [9.17, 15) is 4.79 Å². The standard InChI is InChI=1S/C25H30N4O2/c1-14(2)21-12-26-22-19(9-16(5)10-20(21)22)11-18-7-8-29(25-17(6)27-13-31-25)24(30)23(18)28-15(3)4/h7-10,12-15,26,28H,11H2,1-6H3. The van der Waals surface area contributed by atoms with E-state index in [-0.39, 0.29) is 11.6 Å². The Kier molecular flexibility index (Phi) is 5.48. The van der Waals surface area contributed by atoms with Gasteiger partial charge in [-0.2, -0.15) is 0 Å². The summed E-state index contributed by atoms with van der Waals surface area (Å²) < 4.78 is 6.99. The lowest BCUT2D eigenvalue weighted by atomic mass is 9.96.